The van der Waals surface area contributed by atoms with E-state index >= 15 is 0 Å². The number of fused-ring (bicyclic) bond motifs is 1. The summed E-state index contributed by atoms with van der Waals surface area (Å²) >= 11 is 0. The molecule has 0 N–H and O–H groups in total. The van der Waals surface area contributed by atoms with Crippen LogP contribution in [0.1, 0.15) is 56.6 Å². The van der Waals surface area contributed by atoms with Crippen LogP contribution in [0.25, 0.3) is 6.08 Å². The smallest absolute Gasteiger partial charge is 0.328 e. The Morgan fingerprint density at radius 3 is 2.88 bits per heavy atom. The summed E-state index contributed by atoms with van der Waals surface area (Å²) in [6, 6.07) is 8.15. The highest BCUT2D eigenvalue weighted by atomic mass is 16.5. The number of carbonyl (C=O) groups excluding carboxylic acids is 2. The molecule has 1 heterocycles. The second-order valence-corrected chi connectivity index (χ2v) is 6.88. The lowest BCUT2D eigenvalue weighted by molar-refractivity contribution is -0.153. The van der Waals surface area contributed by atoms with Crippen molar-refractivity contribution in [2.75, 3.05) is 13.2 Å². The third kappa shape index (κ3) is 4.30. The Morgan fingerprint density at radius 2 is 2.08 bits per heavy atom. The number of likely N-dealkylation sites (tertiary alicyclic amines) is 1. The number of hydrogen-bond acceptors (Lipinski definition) is 3. The summed E-state index contributed by atoms with van der Waals surface area (Å²) in [6.07, 6.45) is 8.41. The molecule has 1 saturated heterocycles. The molecule has 1 atom stereocenters. The molecule has 0 spiro atoms. The molecule has 4 heteroatoms. The molecule has 0 saturated carbocycles. The van der Waals surface area contributed by atoms with Gasteiger partial charge in [0, 0.05) is 13.0 Å². The molecule has 1 aliphatic heterocycles. The van der Waals surface area contributed by atoms with Crippen molar-refractivity contribution in [2.24, 2.45) is 0 Å². The van der Waals surface area contributed by atoms with Crippen molar-refractivity contribution >= 4 is 18.0 Å². The third-order valence-electron chi connectivity index (χ3n) is 5.10. The number of unbranched alkanes of at least 4 members (excludes halogenated alkanes) is 1. The summed E-state index contributed by atoms with van der Waals surface area (Å²) in [7, 11) is 0. The minimum absolute atomic E-state index is 0.0965. The van der Waals surface area contributed by atoms with E-state index in [2.05, 4.69) is 30.3 Å². The van der Waals surface area contributed by atoms with Crippen LogP contribution < -0.4 is 0 Å². The van der Waals surface area contributed by atoms with E-state index in [9.17, 15) is 9.59 Å². The van der Waals surface area contributed by atoms with Crippen LogP contribution in [0.15, 0.2) is 29.8 Å². The lowest BCUT2D eigenvalue weighted by Crippen LogP contribution is -2.41. The molecule has 0 radical (unpaired) electrons. The van der Waals surface area contributed by atoms with Crippen LogP contribution in [0, 0.1) is 0 Å². The van der Waals surface area contributed by atoms with Gasteiger partial charge in [-0.3, -0.25) is 4.79 Å². The average molecular weight is 341 g/mol. The minimum atomic E-state index is -0.362. The number of carbonyl (C=O) groups is 2. The summed E-state index contributed by atoms with van der Waals surface area (Å²) in [5.74, 6) is -0.151. The predicted octanol–water partition coefficient (Wildman–Crippen LogP) is 3.74. The Labute approximate surface area is 149 Å². The van der Waals surface area contributed by atoms with Gasteiger partial charge in [-0.05, 0) is 56.6 Å². The number of allylic oxidation sites excluding steroid dienone is 1. The molecule has 2 aliphatic rings. The molecular formula is C21H27NO3. The van der Waals surface area contributed by atoms with Gasteiger partial charge in [-0.15, -0.1) is 0 Å². The Hall–Kier alpha value is -2.10. The second-order valence-electron chi connectivity index (χ2n) is 6.88. The van der Waals surface area contributed by atoms with E-state index in [1.54, 1.807) is 11.8 Å². The van der Waals surface area contributed by atoms with E-state index in [4.69, 9.17) is 4.74 Å². The molecule has 1 aromatic rings. The maximum atomic E-state index is 12.4. The SMILES string of the molecule is CCOC(=O)[C@H]1CCCN1C(=O)CCCCC1=Cc2ccccc2C1. The van der Waals surface area contributed by atoms with Crippen LogP contribution in [0.4, 0.5) is 0 Å². The van der Waals surface area contributed by atoms with Gasteiger partial charge in [-0.25, -0.2) is 4.79 Å². The Balaban J connectivity index is 1.41. The molecule has 25 heavy (non-hydrogen) atoms. The van der Waals surface area contributed by atoms with Crippen molar-refractivity contribution in [3.8, 4) is 0 Å². The number of amides is 1. The van der Waals surface area contributed by atoms with Gasteiger partial charge in [0.15, 0.2) is 0 Å². The standard InChI is InChI=1S/C21H27NO3/c1-2-25-21(24)19-11-7-13-22(19)20(23)12-6-3-8-16-14-17-9-4-5-10-18(17)15-16/h4-5,9-10,14,19H,2-3,6-8,11-13,15H2,1H3/t19-/m1/s1. The van der Waals surface area contributed by atoms with Crippen molar-refractivity contribution < 1.29 is 14.3 Å². The highest BCUT2D eigenvalue weighted by Gasteiger charge is 2.34. The fourth-order valence-electron chi connectivity index (χ4n) is 3.83. The maximum absolute atomic E-state index is 12.4. The number of esters is 1. The molecule has 1 amide bonds. The summed E-state index contributed by atoms with van der Waals surface area (Å²) < 4.78 is 5.09. The Bertz CT molecular complexity index is 665. The predicted molar refractivity (Wildman–Crippen MR) is 98.0 cm³/mol. The average Bonchev–Trinajstić information content (AvgIpc) is 3.25. The normalized spacial score (nSPS) is 18.8. The van der Waals surface area contributed by atoms with Crippen molar-refractivity contribution in [3.63, 3.8) is 0 Å². The molecule has 0 bridgehead atoms. The van der Waals surface area contributed by atoms with Crippen LogP contribution in [-0.4, -0.2) is 36.0 Å². The molecule has 1 fully saturated rings. The van der Waals surface area contributed by atoms with Gasteiger partial charge in [0.1, 0.15) is 6.04 Å². The van der Waals surface area contributed by atoms with Gasteiger partial charge in [-0.2, -0.15) is 0 Å². The zero-order valence-electron chi connectivity index (χ0n) is 15.0. The summed E-state index contributed by atoms with van der Waals surface area (Å²) in [6.45, 7) is 2.85. The third-order valence-corrected chi connectivity index (χ3v) is 5.10. The molecule has 4 nitrogen and oxygen atoms in total. The van der Waals surface area contributed by atoms with E-state index in [-0.39, 0.29) is 17.9 Å². The van der Waals surface area contributed by atoms with Gasteiger partial charge in [0.05, 0.1) is 6.61 Å². The molecule has 0 aromatic heterocycles. The lowest BCUT2D eigenvalue weighted by atomic mass is 10.0. The van der Waals surface area contributed by atoms with Gasteiger partial charge >= 0.3 is 5.97 Å². The van der Waals surface area contributed by atoms with Gasteiger partial charge < -0.3 is 9.64 Å². The van der Waals surface area contributed by atoms with E-state index in [1.165, 1.54) is 16.7 Å². The second kappa shape index (κ2) is 8.32. The number of rotatable bonds is 7. The highest BCUT2D eigenvalue weighted by molar-refractivity contribution is 5.85. The van der Waals surface area contributed by atoms with Crippen LogP contribution in [0.2, 0.25) is 0 Å². The van der Waals surface area contributed by atoms with Crippen molar-refractivity contribution in [3.05, 3.63) is 41.0 Å². The van der Waals surface area contributed by atoms with Crippen molar-refractivity contribution in [1.29, 1.82) is 0 Å². The fourth-order valence-corrected chi connectivity index (χ4v) is 3.83. The first-order chi connectivity index (χ1) is 12.2. The van der Waals surface area contributed by atoms with E-state index < -0.39 is 0 Å². The van der Waals surface area contributed by atoms with Crippen LogP contribution in [0.3, 0.4) is 0 Å². The summed E-state index contributed by atoms with van der Waals surface area (Å²) in [5, 5.41) is 0. The topological polar surface area (TPSA) is 46.6 Å². The van der Waals surface area contributed by atoms with Gasteiger partial charge in [0.2, 0.25) is 5.91 Å². The first-order valence-electron chi connectivity index (χ1n) is 9.42. The van der Waals surface area contributed by atoms with Crippen LogP contribution >= 0.6 is 0 Å². The van der Waals surface area contributed by atoms with Crippen molar-refractivity contribution in [2.45, 2.75) is 57.9 Å². The van der Waals surface area contributed by atoms with E-state index in [1.807, 2.05) is 0 Å². The lowest BCUT2D eigenvalue weighted by Gasteiger charge is -2.23. The minimum Gasteiger partial charge on any atom is -0.464 e. The summed E-state index contributed by atoms with van der Waals surface area (Å²) in [4.78, 5) is 26.1. The molecule has 134 valence electrons. The van der Waals surface area contributed by atoms with Crippen molar-refractivity contribution in [1.82, 2.24) is 4.90 Å². The molecule has 3 rings (SSSR count). The van der Waals surface area contributed by atoms with E-state index in [0.717, 1.165) is 38.5 Å². The van der Waals surface area contributed by atoms with Crippen LogP contribution in [-0.2, 0) is 20.7 Å². The molecule has 0 unspecified atom stereocenters. The van der Waals surface area contributed by atoms with Gasteiger partial charge in [-0.1, -0.05) is 35.9 Å². The first-order valence-corrected chi connectivity index (χ1v) is 9.42. The number of hydrogen-bond donors (Lipinski definition) is 0. The van der Waals surface area contributed by atoms with E-state index in [0.29, 0.717) is 19.6 Å². The Kier molecular flexibility index (Phi) is 5.90. The monoisotopic (exact) mass is 341 g/mol. The van der Waals surface area contributed by atoms with Crippen LogP contribution in [0.5, 0.6) is 0 Å². The Morgan fingerprint density at radius 1 is 1.24 bits per heavy atom. The first kappa shape index (κ1) is 17.7. The maximum Gasteiger partial charge on any atom is 0.328 e. The molecular weight excluding hydrogens is 314 g/mol. The fraction of sp³-hybridized carbons (Fsp3) is 0.524. The zero-order valence-corrected chi connectivity index (χ0v) is 15.0. The number of nitrogens with zero attached hydrogens (tertiary/aromatic N) is 1. The van der Waals surface area contributed by atoms with Gasteiger partial charge in [0.25, 0.3) is 0 Å². The summed E-state index contributed by atoms with van der Waals surface area (Å²) in [5.41, 5.74) is 4.20. The molecule has 1 aliphatic carbocycles. The zero-order chi connectivity index (χ0) is 17.6. The number of benzene rings is 1. The number of ether oxygens (including phenoxy) is 1. The largest absolute Gasteiger partial charge is 0.464 e. The quantitative estimate of drug-likeness (QED) is 0.561. The molecule has 1 aromatic carbocycles. The highest BCUT2D eigenvalue weighted by Crippen LogP contribution is 2.28.